The van der Waals surface area contributed by atoms with E-state index in [0.717, 1.165) is 63.6 Å². The zero-order valence-electron chi connectivity index (χ0n) is 13.9. The molecule has 5 nitrogen and oxygen atoms in total. The van der Waals surface area contributed by atoms with E-state index in [1.165, 1.54) is 5.01 Å². The molecule has 0 amide bonds. The van der Waals surface area contributed by atoms with E-state index in [4.69, 9.17) is 4.74 Å². The van der Waals surface area contributed by atoms with Gasteiger partial charge in [0.05, 0.1) is 5.01 Å². The van der Waals surface area contributed by atoms with Crippen molar-refractivity contribution in [2.45, 2.75) is 39.5 Å². The van der Waals surface area contributed by atoms with Crippen LogP contribution in [0.5, 0.6) is 0 Å². The lowest BCUT2D eigenvalue weighted by atomic mass is 10.3. The van der Waals surface area contributed by atoms with E-state index in [1.54, 1.807) is 18.4 Å². The molecule has 0 spiro atoms. The predicted octanol–water partition coefficient (Wildman–Crippen LogP) is 2.98. The second-order valence-corrected chi connectivity index (χ2v) is 5.76. The fourth-order valence-electron chi connectivity index (χ4n) is 1.86. The van der Waals surface area contributed by atoms with Crippen molar-refractivity contribution >= 4 is 41.3 Å². The van der Waals surface area contributed by atoms with Crippen LogP contribution in [0.1, 0.15) is 36.9 Å². The number of aliphatic imine (C=N–C) groups is 1. The minimum Gasteiger partial charge on any atom is -0.382 e. The van der Waals surface area contributed by atoms with Crippen LogP contribution in [0.25, 0.3) is 0 Å². The summed E-state index contributed by atoms with van der Waals surface area (Å²) in [6.07, 6.45) is 4.27. The lowest BCUT2D eigenvalue weighted by Gasteiger charge is -2.11. The summed E-state index contributed by atoms with van der Waals surface area (Å²) in [6.45, 7) is 7.55. The number of nitrogens with one attached hydrogen (secondary N) is 2. The van der Waals surface area contributed by atoms with Crippen molar-refractivity contribution in [1.82, 2.24) is 15.6 Å². The van der Waals surface area contributed by atoms with Gasteiger partial charge in [-0.2, -0.15) is 0 Å². The van der Waals surface area contributed by atoms with Gasteiger partial charge >= 0.3 is 0 Å². The molecule has 1 rings (SSSR count). The number of halogens is 1. The molecule has 1 aromatic heterocycles. The normalized spacial score (nSPS) is 11.1. The quantitative estimate of drug-likeness (QED) is 0.254. The molecule has 0 aromatic carbocycles. The number of ether oxygens (including phenoxy) is 1. The number of hydrogen-bond acceptors (Lipinski definition) is 4. The average molecular weight is 440 g/mol. The van der Waals surface area contributed by atoms with Crippen LogP contribution in [0.4, 0.5) is 0 Å². The van der Waals surface area contributed by atoms with E-state index < -0.39 is 0 Å². The number of unbranched alkanes of at least 4 members (excludes halogenated alkanes) is 1. The molecule has 0 radical (unpaired) electrons. The van der Waals surface area contributed by atoms with Crippen molar-refractivity contribution in [3.63, 3.8) is 0 Å². The number of rotatable bonds is 10. The Morgan fingerprint density at radius 2 is 2.00 bits per heavy atom. The number of aryl methyl sites for hydroxylation is 2. The minimum absolute atomic E-state index is 0. The third-order valence-electron chi connectivity index (χ3n) is 2.96. The fourth-order valence-corrected chi connectivity index (χ4v) is 2.68. The van der Waals surface area contributed by atoms with Gasteiger partial charge in [0.25, 0.3) is 0 Å². The highest BCUT2D eigenvalue weighted by molar-refractivity contribution is 14.0. The topological polar surface area (TPSA) is 58.5 Å². The largest absolute Gasteiger partial charge is 0.382 e. The Morgan fingerprint density at radius 3 is 2.59 bits per heavy atom. The minimum atomic E-state index is 0. The van der Waals surface area contributed by atoms with Crippen LogP contribution in [0.3, 0.4) is 0 Å². The molecule has 0 fully saturated rings. The molecule has 7 heteroatoms. The summed E-state index contributed by atoms with van der Waals surface area (Å²) in [5.41, 5.74) is 1.12. The van der Waals surface area contributed by atoms with Crippen molar-refractivity contribution in [2.75, 3.05) is 33.4 Å². The summed E-state index contributed by atoms with van der Waals surface area (Å²) in [5.74, 6) is 0.877. The zero-order chi connectivity index (χ0) is 15.3. The molecule has 0 unspecified atom stereocenters. The second-order valence-electron chi connectivity index (χ2n) is 4.82. The monoisotopic (exact) mass is 440 g/mol. The summed E-state index contributed by atoms with van der Waals surface area (Å²) >= 11 is 1.74. The van der Waals surface area contributed by atoms with Crippen molar-refractivity contribution < 1.29 is 4.74 Å². The van der Waals surface area contributed by atoms with Gasteiger partial charge in [0.1, 0.15) is 0 Å². The smallest absolute Gasteiger partial charge is 0.190 e. The average Bonchev–Trinajstić information content (AvgIpc) is 2.90. The maximum Gasteiger partial charge on any atom is 0.190 e. The van der Waals surface area contributed by atoms with E-state index in [-0.39, 0.29) is 24.0 Å². The lowest BCUT2D eigenvalue weighted by molar-refractivity contribution is 0.143. The van der Waals surface area contributed by atoms with Crippen LogP contribution >= 0.6 is 35.3 Å². The summed E-state index contributed by atoms with van der Waals surface area (Å²) in [5, 5.41) is 9.97. The van der Waals surface area contributed by atoms with E-state index in [9.17, 15) is 0 Å². The Hall–Kier alpha value is -0.410. The highest BCUT2D eigenvalue weighted by atomic mass is 127. The van der Waals surface area contributed by atoms with Crippen molar-refractivity contribution in [2.24, 2.45) is 4.99 Å². The van der Waals surface area contributed by atoms with Gasteiger partial charge in [-0.1, -0.05) is 0 Å². The number of guanidine groups is 1. The first-order valence-electron chi connectivity index (χ1n) is 7.69. The van der Waals surface area contributed by atoms with Crippen LogP contribution in [0.15, 0.2) is 10.4 Å². The molecule has 1 heterocycles. The predicted molar refractivity (Wildman–Crippen MR) is 106 cm³/mol. The van der Waals surface area contributed by atoms with Crippen LogP contribution in [0, 0.1) is 6.92 Å². The SMILES string of the molecule is CCOCCCCNC(=NC)NCCCc1nc(C)cs1.I. The van der Waals surface area contributed by atoms with Crippen LogP contribution < -0.4 is 10.6 Å². The van der Waals surface area contributed by atoms with E-state index >= 15 is 0 Å². The van der Waals surface area contributed by atoms with Crippen molar-refractivity contribution in [1.29, 1.82) is 0 Å². The van der Waals surface area contributed by atoms with E-state index in [0.29, 0.717) is 0 Å². The second kappa shape index (κ2) is 14.2. The van der Waals surface area contributed by atoms with Crippen LogP contribution in [-0.4, -0.2) is 44.3 Å². The summed E-state index contributed by atoms with van der Waals surface area (Å²) in [7, 11) is 1.81. The molecule has 0 bridgehead atoms. The summed E-state index contributed by atoms with van der Waals surface area (Å²) in [4.78, 5) is 8.69. The number of nitrogens with zero attached hydrogens (tertiary/aromatic N) is 2. The van der Waals surface area contributed by atoms with Crippen molar-refractivity contribution in [3.8, 4) is 0 Å². The molecule has 0 saturated heterocycles. The molecule has 1 aromatic rings. The molecule has 0 aliphatic rings. The first-order valence-corrected chi connectivity index (χ1v) is 8.57. The Balaban J connectivity index is 0.00000441. The Kier molecular flexibility index (Phi) is 13.9. The van der Waals surface area contributed by atoms with Crippen LogP contribution in [0.2, 0.25) is 0 Å². The lowest BCUT2D eigenvalue weighted by Crippen LogP contribution is -2.38. The van der Waals surface area contributed by atoms with Gasteiger partial charge in [-0.05, 0) is 33.1 Å². The molecule has 0 aliphatic carbocycles. The molecule has 2 N–H and O–H groups in total. The molecule has 0 aliphatic heterocycles. The van der Waals surface area contributed by atoms with Gasteiger partial charge in [-0.25, -0.2) is 4.98 Å². The van der Waals surface area contributed by atoms with E-state index in [1.807, 2.05) is 13.8 Å². The van der Waals surface area contributed by atoms with Gasteiger partial charge in [0.2, 0.25) is 0 Å². The van der Waals surface area contributed by atoms with Gasteiger partial charge in [0, 0.05) is 50.8 Å². The highest BCUT2D eigenvalue weighted by Gasteiger charge is 2.00. The number of hydrogen-bond donors (Lipinski definition) is 2. The maximum atomic E-state index is 5.31. The summed E-state index contributed by atoms with van der Waals surface area (Å²) in [6, 6.07) is 0. The molecule has 0 atom stereocenters. The standard InChI is InChI=1S/C15H28N4OS.HI/c1-4-20-11-6-5-9-17-15(16-3)18-10-7-8-14-19-13(2)12-21-14;/h12H,4-11H2,1-3H3,(H2,16,17,18);1H. The summed E-state index contributed by atoms with van der Waals surface area (Å²) < 4.78 is 5.31. The Bertz CT molecular complexity index is 412. The molecular formula is C15H29IN4OS. The maximum absolute atomic E-state index is 5.31. The third-order valence-corrected chi connectivity index (χ3v) is 3.99. The van der Waals surface area contributed by atoms with Crippen LogP contribution in [-0.2, 0) is 11.2 Å². The Labute approximate surface area is 155 Å². The fraction of sp³-hybridized carbons (Fsp3) is 0.733. The Morgan fingerprint density at radius 1 is 1.27 bits per heavy atom. The van der Waals surface area contributed by atoms with E-state index in [2.05, 4.69) is 26.0 Å². The van der Waals surface area contributed by atoms with Gasteiger partial charge in [0.15, 0.2) is 5.96 Å². The molecule has 128 valence electrons. The van der Waals surface area contributed by atoms with Crippen molar-refractivity contribution in [3.05, 3.63) is 16.1 Å². The molecular weight excluding hydrogens is 411 g/mol. The number of aromatic nitrogens is 1. The van der Waals surface area contributed by atoms with Gasteiger partial charge in [-0.15, -0.1) is 35.3 Å². The highest BCUT2D eigenvalue weighted by Crippen LogP contribution is 2.10. The molecule has 0 saturated carbocycles. The molecule has 22 heavy (non-hydrogen) atoms. The first-order chi connectivity index (χ1) is 10.3. The first kappa shape index (κ1) is 21.6. The number of thiazole rings is 1. The zero-order valence-corrected chi connectivity index (χ0v) is 17.0. The van der Waals surface area contributed by atoms with Gasteiger partial charge in [-0.3, -0.25) is 4.99 Å². The third kappa shape index (κ3) is 10.3. The van der Waals surface area contributed by atoms with Gasteiger partial charge < -0.3 is 15.4 Å².